The molecule has 8 heteroatoms. The minimum atomic E-state index is -1.07. The second kappa shape index (κ2) is 11.5. The first-order chi connectivity index (χ1) is 17.6. The number of nitrogens with one attached hydrogen (secondary N) is 2. The molecule has 0 aliphatic carbocycles. The number of aromatic nitrogens is 3. The lowest BCUT2D eigenvalue weighted by molar-refractivity contribution is -0.138. The van der Waals surface area contributed by atoms with E-state index in [1.165, 1.54) is 10.8 Å². The van der Waals surface area contributed by atoms with E-state index in [0.29, 0.717) is 5.82 Å². The zero-order valence-corrected chi connectivity index (χ0v) is 19.5. The zero-order valence-electron chi connectivity index (χ0n) is 19.5. The maximum atomic E-state index is 13.4. The highest BCUT2D eigenvalue weighted by Crippen LogP contribution is 2.19. The summed E-state index contributed by atoms with van der Waals surface area (Å²) >= 11 is 0. The summed E-state index contributed by atoms with van der Waals surface area (Å²) in [6.07, 6.45) is 4.91. The number of rotatable bonds is 10. The van der Waals surface area contributed by atoms with Crippen LogP contribution in [0.5, 0.6) is 0 Å². The van der Waals surface area contributed by atoms with Crippen molar-refractivity contribution < 1.29 is 14.4 Å². The summed E-state index contributed by atoms with van der Waals surface area (Å²) in [7, 11) is 0. The Labute approximate surface area is 208 Å². The summed E-state index contributed by atoms with van der Waals surface area (Å²) in [4.78, 5) is 43.1. The van der Waals surface area contributed by atoms with Crippen LogP contribution in [-0.2, 0) is 16.0 Å². The number of Topliss-reactive ketones (excluding diaryl/α,β-unsaturated/α-hetero) is 1. The average molecular weight is 480 g/mol. The Morgan fingerprint density at radius 3 is 2.39 bits per heavy atom. The van der Waals surface area contributed by atoms with Gasteiger partial charge in [0.2, 0.25) is 5.78 Å². The van der Waals surface area contributed by atoms with Crippen molar-refractivity contribution >= 4 is 17.6 Å². The topological polar surface area (TPSA) is 106 Å². The van der Waals surface area contributed by atoms with Crippen LogP contribution < -0.4 is 10.6 Å². The molecule has 0 aliphatic rings. The lowest BCUT2D eigenvalue weighted by Gasteiger charge is -2.18. The van der Waals surface area contributed by atoms with Crippen LogP contribution in [0, 0.1) is 0 Å². The van der Waals surface area contributed by atoms with Crippen LogP contribution in [-0.4, -0.2) is 44.9 Å². The summed E-state index contributed by atoms with van der Waals surface area (Å²) in [5.41, 5.74) is 2.68. The van der Waals surface area contributed by atoms with Crippen LogP contribution in [0.1, 0.15) is 15.9 Å². The SMILES string of the molecule is C=CCNC(=O)C(=O)[C@@H](Cc1ccccc1)NC(=O)c1cccnc1-n1ccc(-c2ccccc2)n1. The van der Waals surface area contributed by atoms with E-state index < -0.39 is 23.6 Å². The standard InChI is InChI=1S/C28H25N5O3/c1-2-16-30-28(36)25(34)24(19-20-10-5-3-6-11-20)31-27(35)22-14-9-17-29-26(22)33-18-15-23(32-33)21-12-7-4-8-13-21/h2-15,17-18,24H,1,16,19H2,(H,30,36)(H,31,35)/t24-/m1/s1. The van der Waals surface area contributed by atoms with Crippen molar-refractivity contribution in [3.63, 3.8) is 0 Å². The molecular weight excluding hydrogens is 454 g/mol. The summed E-state index contributed by atoms with van der Waals surface area (Å²) < 4.78 is 1.52. The van der Waals surface area contributed by atoms with E-state index in [4.69, 9.17) is 0 Å². The third kappa shape index (κ3) is 5.79. The minimum absolute atomic E-state index is 0.145. The van der Waals surface area contributed by atoms with Crippen molar-refractivity contribution in [1.29, 1.82) is 0 Å². The van der Waals surface area contributed by atoms with E-state index in [0.717, 1.165) is 16.8 Å². The lowest BCUT2D eigenvalue weighted by Crippen LogP contribution is -2.48. The molecular formula is C28H25N5O3. The molecule has 4 aromatic rings. The molecule has 0 spiro atoms. The second-order valence-corrected chi connectivity index (χ2v) is 7.96. The largest absolute Gasteiger partial charge is 0.346 e. The Morgan fingerprint density at radius 2 is 1.67 bits per heavy atom. The molecule has 1 atom stereocenters. The maximum Gasteiger partial charge on any atom is 0.289 e. The summed E-state index contributed by atoms with van der Waals surface area (Å²) in [5, 5.41) is 9.79. The third-order valence-electron chi connectivity index (χ3n) is 5.44. The number of ketones is 1. The van der Waals surface area contributed by atoms with Crippen molar-refractivity contribution in [2.45, 2.75) is 12.5 Å². The second-order valence-electron chi connectivity index (χ2n) is 7.96. The molecule has 2 heterocycles. The molecule has 36 heavy (non-hydrogen) atoms. The van der Waals surface area contributed by atoms with Crippen molar-refractivity contribution in [3.05, 3.63) is 115 Å². The number of carbonyl (C=O) groups is 3. The quantitative estimate of drug-likeness (QED) is 0.269. The molecule has 0 aliphatic heterocycles. The van der Waals surface area contributed by atoms with Crippen LogP contribution in [0.15, 0.2) is 104 Å². The van der Waals surface area contributed by atoms with Gasteiger partial charge in [0.1, 0.15) is 6.04 Å². The van der Waals surface area contributed by atoms with Gasteiger partial charge >= 0.3 is 0 Å². The number of carbonyl (C=O) groups excluding carboxylic acids is 3. The predicted octanol–water partition coefficient (Wildman–Crippen LogP) is 3.15. The molecule has 2 amide bonds. The highest BCUT2D eigenvalue weighted by Gasteiger charge is 2.28. The van der Waals surface area contributed by atoms with Gasteiger partial charge in [-0.15, -0.1) is 6.58 Å². The molecule has 2 aromatic carbocycles. The number of hydrogen-bond acceptors (Lipinski definition) is 5. The fraction of sp³-hybridized carbons (Fsp3) is 0.107. The number of benzene rings is 2. The van der Waals surface area contributed by atoms with E-state index >= 15 is 0 Å². The van der Waals surface area contributed by atoms with Crippen molar-refractivity contribution in [2.75, 3.05) is 6.54 Å². The fourth-order valence-corrected chi connectivity index (χ4v) is 3.67. The smallest absolute Gasteiger partial charge is 0.289 e. The van der Waals surface area contributed by atoms with E-state index in [1.807, 2.05) is 66.7 Å². The van der Waals surface area contributed by atoms with Crippen LogP contribution in [0.25, 0.3) is 17.1 Å². The van der Waals surface area contributed by atoms with E-state index in [-0.39, 0.29) is 18.5 Å². The van der Waals surface area contributed by atoms with Crippen molar-refractivity contribution in [3.8, 4) is 17.1 Å². The van der Waals surface area contributed by atoms with Gasteiger partial charge in [0.25, 0.3) is 11.8 Å². The molecule has 2 aromatic heterocycles. The van der Waals surface area contributed by atoms with Gasteiger partial charge in [-0.05, 0) is 23.8 Å². The van der Waals surface area contributed by atoms with Gasteiger partial charge in [-0.3, -0.25) is 14.4 Å². The Balaban J connectivity index is 1.60. The fourth-order valence-electron chi connectivity index (χ4n) is 3.67. The first-order valence-electron chi connectivity index (χ1n) is 11.4. The molecule has 0 saturated heterocycles. The molecule has 180 valence electrons. The molecule has 0 fully saturated rings. The molecule has 0 bridgehead atoms. The van der Waals surface area contributed by atoms with Gasteiger partial charge in [0.05, 0.1) is 11.3 Å². The lowest BCUT2D eigenvalue weighted by atomic mass is 10.0. The number of nitrogens with zero attached hydrogens (tertiary/aromatic N) is 3. The van der Waals surface area contributed by atoms with E-state index in [1.54, 1.807) is 24.5 Å². The monoisotopic (exact) mass is 479 g/mol. The summed E-state index contributed by atoms with van der Waals surface area (Å²) in [6, 6.07) is 22.8. The Morgan fingerprint density at radius 1 is 0.944 bits per heavy atom. The number of amides is 2. The van der Waals surface area contributed by atoms with Crippen LogP contribution >= 0.6 is 0 Å². The van der Waals surface area contributed by atoms with Crippen LogP contribution in [0.3, 0.4) is 0 Å². The number of pyridine rings is 1. The third-order valence-corrected chi connectivity index (χ3v) is 5.44. The molecule has 4 rings (SSSR count). The molecule has 2 N–H and O–H groups in total. The summed E-state index contributed by atoms with van der Waals surface area (Å²) in [5.74, 6) is -1.77. The first-order valence-corrected chi connectivity index (χ1v) is 11.4. The average Bonchev–Trinajstić information content (AvgIpc) is 3.42. The van der Waals surface area contributed by atoms with E-state index in [2.05, 4.69) is 27.3 Å². The Hall–Kier alpha value is -4.85. The van der Waals surface area contributed by atoms with Gasteiger partial charge in [-0.25, -0.2) is 9.67 Å². The molecule has 0 saturated carbocycles. The van der Waals surface area contributed by atoms with Crippen LogP contribution in [0.2, 0.25) is 0 Å². The van der Waals surface area contributed by atoms with Gasteiger partial charge in [-0.1, -0.05) is 66.7 Å². The number of hydrogen-bond donors (Lipinski definition) is 2. The van der Waals surface area contributed by atoms with Gasteiger partial charge in [0, 0.05) is 30.9 Å². The summed E-state index contributed by atoms with van der Waals surface area (Å²) in [6.45, 7) is 3.69. The van der Waals surface area contributed by atoms with Gasteiger partial charge in [0.15, 0.2) is 5.82 Å². The van der Waals surface area contributed by atoms with Gasteiger partial charge < -0.3 is 10.6 Å². The van der Waals surface area contributed by atoms with Crippen molar-refractivity contribution in [2.24, 2.45) is 0 Å². The Bertz CT molecular complexity index is 1370. The zero-order chi connectivity index (χ0) is 25.3. The minimum Gasteiger partial charge on any atom is -0.346 e. The highest BCUT2D eigenvalue weighted by atomic mass is 16.2. The molecule has 0 radical (unpaired) electrons. The molecule has 8 nitrogen and oxygen atoms in total. The maximum absolute atomic E-state index is 13.4. The Kier molecular flexibility index (Phi) is 7.77. The van der Waals surface area contributed by atoms with Crippen molar-refractivity contribution in [1.82, 2.24) is 25.4 Å². The first kappa shape index (κ1) is 24.3. The van der Waals surface area contributed by atoms with Gasteiger partial charge in [-0.2, -0.15) is 5.10 Å². The highest BCUT2D eigenvalue weighted by molar-refractivity contribution is 6.38. The normalized spacial score (nSPS) is 11.3. The van der Waals surface area contributed by atoms with E-state index in [9.17, 15) is 14.4 Å². The van der Waals surface area contributed by atoms with Crippen LogP contribution in [0.4, 0.5) is 0 Å². The molecule has 0 unspecified atom stereocenters. The predicted molar refractivity (Wildman–Crippen MR) is 136 cm³/mol.